The first-order valence-electron chi connectivity index (χ1n) is 4.34. The molecule has 0 atom stereocenters. The second kappa shape index (κ2) is 4.02. The highest BCUT2D eigenvalue weighted by Gasteiger charge is 2.10. The molecule has 1 aromatic rings. The van der Waals surface area contributed by atoms with Gasteiger partial charge in [-0.25, -0.2) is 8.42 Å². The maximum absolute atomic E-state index is 11.5. The molecule has 0 heterocycles. The van der Waals surface area contributed by atoms with Crippen LogP contribution in [0.4, 0.5) is 0 Å². The van der Waals surface area contributed by atoms with Crippen molar-refractivity contribution in [3.05, 3.63) is 29.8 Å². The molecule has 82 valence electrons. The molecule has 0 aliphatic carbocycles. The van der Waals surface area contributed by atoms with Gasteiger partial charge in [-0.1, -0.05) is 0 Å². The number of carbonyl (C=O) groups is 1. The zero-order valence-corrected chi connectivity index (χ0v) is 9.71. The number of hydrogen-bond acceptors (Lipinski definition) is 3. The van der Waals surface area contributed by atoms with Crippen LogP contribution in [0.5, 0.6) is 0 Å². The molecule has 0 bridgehead atoms. The van der Waals surface area contributed by atoms with Crippen LogP contribution in [0, 0.1) is 0 Å². The molecular weight excluding hydrogens is 214 g/mol. The Morgan fingerprint density at radius 2 is 1.60 bits per heavy atom. The summed E-state index contributed by atoms with van der Waals surface area (Å²) in [6, 6.07) is 5.90. The van der Waals surface area contributed by atoms with Gasteiger partial charge in [0.05, 0.1) is 4.90 Å². The van der Waals surface area contributed by atoms with Crippen LogP contribution in [0.1, 0.15) is 10.4 Å². The molecule has 0 radical (unpaired) electrons. The quantitative estimate of drug-likeness (QED) is 0.750. The van der Waals surface area contributed by atoms with Crippen molar-refractivity contribution in [1.82, 2.24) is 4.90 Å². The van der Waals surface area contributed by atoms with Gasteiger partial charge in [0.2, 0.25) is 0 Å². The molecule has 1 rings (SSSR count). The van der Waals surface area contributed by atoms with Crippen molar-refractivity contribution in [3.8, 4) is 0 Å². The van der Waals surface area contributed by atoms with E-state index in [1.807, 2.05) is 0 Å². The smallest absolute Gasteiger partial charge is 0.253 e. The molecule has 0 N–H and O–H groups in total. The average Bonchev–Trinajstić information content (AvgIpc) is 2.15. The van der Waals surface area contributed by atoms with Gasteiger partial charge in [0.25, 0.3) is 5.91 Å². The molecule has 5 heteroatoms. The molecule has 0 spiro atoms. The average molecular weight is 227 g/mol. The molecule has 0 fully saturated rings. The van der Waals surface area contributed by atoms with Crippen molar-refractivity contribution in [2.24, 2.45) is 0 Å². The van der Waals surface area contributed by atoms with Crippen molar-refractivity contribution >= 4 is 15.7 Å². The third-order valence-corrected chi connectivity index (χ3v) is 3.06. The van der Waals surface area contributed by atoms with Crippen molar-refractivity contribution in [1.29, 1.82) is 0 Å². The molecule has 0 saturated heterocycles. The van der Waals surface area contributed by atoms with Crippen molar-refractivity contribution < 1.29 is 13.2 Å². The van der Waals surface area contributed by atoms with E-state index in [2.05, 4.69) is 0 Å². The number of nitrogens with zero attached hydrogens (tertiary/aromatic N) is 1. The van der Waals surface area contributed by atoms with E-state index in [1.165, 1.54) is 29.2 Å². The minimum Gasteiger partial charge on any atom is -0.345 e. The van der Waals surface area contributed by atoms with Crippen molar-refractivity contribution in [2.75, 3.05) is 20.4 Å². The Kier molecular flexibility index (Phi) is 3.14. The SMILES string of the molecule is CN(C)C(=O)c1ccc(S(C)(=O)=O)cc1. The molecule has 15 heavy (non-hydrogen) atoms. The van der Waals surface area contributed by atoms with Crippen LogP contribution in [-0.4, -0.2) is 39.6 Å². The van der Waals surface area contributed by atoms with E-state index < -0.39 is 9.84 Å². The summed E-state index contributed by atoms with van der Waals surface area (Å²) in [6.07, 6.45) is 1.13. The fraction of sp³-hybridized carbons (Fsp3) is 0.300. The highest BCUT2D eigenvalue weighted by molar-refractivity contribution is 7.90. The summed E-state index contributed by atoms with van der Waals surface area (Å²) in [4.78, 5) is 13.1. The maximum Gasteiger partial charge on any atom is 0.253 e. The second-order valence-electron chi connectivity index (χ2n) is 3.50. The highest BCUT2D eigenvalue weighted by Crippen LogP contribution is 2.11. The lowest BCUT2D eigenvalue weighted by atomic mass is 10.2. The Bertz CT molecular complexity index is 460. The topological polar surface area (TPSA) is 54.5 Å². The molecule has 1 aromatic carbocycles. The van der Waals surface area contributed by atoms with Crippen molar-refractivity contribution in [2.45, 2.75) is 4.90 Å². The number of sulfone groups is 1. The number of benzene rings is 1. The molecule has 0 unspecified atom stereocenters. The summed E-state index contributed by atoms with van der Waals surface area (Å²) >= 11 is 0. The zero-order chi connectivity index (χ0) is 11.6. The van der Waals surface area contributed by atoms with E-state index in [0.29, 0.717) is 5.56 Å². The number of carbonyl (C=O) groups excluding carboxylic acids is 1. The summed E-state index contributed by atoms with van der Waals surface area (Å²) in [5.41, 5.74) is 0.479. The van der Waals surface area contributed by atoms with Crippen LogP contribution in [0.2, 0.25) is 0 Å². The van der Waals surface area contributed by atoms with Crippen LogP contribution in [0.25, 0.3) is 0 Å². The summed E-state index contributed by atoms with van der Waals surface area (Å²) in [5, 5.41) is 0. The number of rotatable bonds is 2. The Balaban J connectivity index is 3.06. The van der Waals surface area contributed by atoms with Gasteiger partial charge in [-0.2, -0.15) is 0 Å². The van der Waals surface area contributed by atoms with Gasteiger partial charge in [-0.3, -0.25) is 4.79 Å². The van der Waals surface area contributed by atoms with E-state index in [4.69, 9.17) is 0 Å². The van der Waals surface area contributed by atoms with Gasteiger partial charge in [0.15, 0.2) is 9.84 Å². The van der Waals surface area contributed by atoms with Crippen LogP contribution in [0.15, 0.2) is 29.2 Å². The predicted octanol–water partition coefficient (Wildman–Crippen LogP) is 0.792. The predicted molar refractivity (Wildman–Crippen MR) is 57.6 cm³/mol. The highest BCUT2D eigenvalue weighted by atomic mass is 32.2. The molecule has 1 amide bonds. The van der Waals surface area contributed by atoms with E-state index in [-0.39, 0.29) is 10.8 Å². The van der Waals surface area contributed by atoms with E-state index in [1.54, 1.807) is 14.1 Å². The number of amides is 1. The fourth-order valence-corrected chi connectivity index (χ4v) is 1.73. The summed E-state index contributed by atoms with van der Waals surface area (Å²) in [5.74, 6) is -0.143. The Morgan fingerprint density at radius 3 is 1.93 bits per heavy atom. The summed E-state index contributed by atoms with van der Waals surface area (Å²) in [7, 11) is 0.101. The summed E-state index contributed by atoms with van der Waals surface area (Å²) < 4.78 is 22.3. The maximum atomic E-state index is 11.5. The van der Waals surface area contributed by atoms with Crippen LogP contribution < -0.4 is 0 Å². The number of hydrogen-bond donors (Lipinski definition) is 0. The normalized spacial score (nSPS) is 11.1. The van der Waals surface area contributed by atoms with Gasteiger partial charge in [-0.05, 0) is 24.3 Å². The molecule has 0 saturated carbocycles. The minimum absolute atomic E-state index is 0.143. The molecule has 0 aliphatic rings. The lowest BCUT2D eigenvalue weighted by molar-refractivity contribution is 0.0827. The molecule has 4 nitrogen and oxygen atoms in total. The Labute approximate surface area is 89.4 Å². The van der Waals surface area contributed by atoms with Crippen LogP contribution >= 0.6 is 0 Å². The largest absolute Gasteiger partial charge is 0.345 e. The Morgan fingerprint density at radius 1 is 1.13 bits per heavy atom. The minimum atomic E-state index is -3.19. The monoisotopic (exact) mass is 227 g/mol. The molecule has 0 aromatic heterocycles. The third-order valence-electron chi connectivity index (χ3n) is 1.94. The Hall–Kier alpha value is -1.36. The van der Waals surface area contributed by atoms with Crippen molar-refractivity contribution in [3.63, 3.8) is 0 Å². The fourth-order valence-electron chi connectivity index (χ4n) is 1.10. The van der Waals surface area contributed by atoms with Gasteiger partial charge < -0.3 is 4.90 Å². The summed E-state index contributed by atoms with van der Waals surface area (Å²) in [6.45, 7) is 0. The second-order valence-corrected chi connectivity index (χ2v) is 5.51. The standard InChI is InChI=1S/C10H13NO3S/c1-11(2)10(12)8-4-6-9(7-5-8)15(3,13)14/h4-7H,1-3H3. The lowest BCUT2D eigenvalue weighted by Gasteiger charge is -2.10. The molecule has 0 aliphatic heterocycles. The first-order chi connectivity index (χ1) is 6.82. The van der Waals surface area contributed by atoms with E-state index in [9.17, 15) is 13.2 Å². The third kappa shape index (κ3) is 2.79. The van der Waals surface area contributed by atoms with Gasteiger partial charge in [-0.15, -0.1) is 0 Å². The van der Waals surface area contributed by atoms with E-state index >= 15 is 0 Å². The first-order valence-corrected chi connectivity index (χ1v) is 6.23. The zero-order valence-electron chi connectivity index (χ0n) is 8.89. The molecular formula is C10H13NO3S. The van der Waals surface area contributed by atoms with Gasteiger partial charge in [0.1, 0.15) is 0 Å². The van der Waals surface area contributed by atoms with Gasteiger partial charge >= 0.3 is 0 Å². The van der Waals surface area contributed by atoms with Gasteiger partial charge in [0, 0.05) is 25.9 Å². The van der Waals surface area contributed by atoms with E-state index in [0.717, 1.165) is 6.26 Å². The lowest BCUT2D eigenvalue weighted by Crippen LogP contribution is -2.21. The van der Waals surface area contributed by atoms with Crippen LogP contribution in [-0.2, 0) is 9.84 Å². The van der Waals surface area contributed by atoms with Crippen LogP contribution in [0.3, 0.4) is 0 Å². The first kappa shape index (κ1) is 11.7.